The highest BCUT2D eigenvalue weighted by atomic mass is 19.4. The van der Waals surface area contributed by atoms with Gasteiger partial charge in [0, 0.05) is 31.9 Å². The van der Waals surface area contributed by atoms with Crippen LogP contribution in [0.4, 0.5) is 19.1 Å². The smallest absolute Gasteiger partial charge is 0.374 e. The molecule has 1 unspecified atom stereocenters. The van der Waals surface area contributed by atoms with Gasteiger partial charge in [-0.2, -0.15) is 13.2 Å². The lowest BCUT2D eigenvalue weighted by atomic mass is 10.2. The van der Waals surface area contributed by atoms with Gasteiger partial charge in [-0.1, -0.05) is 0 Å². The highest BCUT2D eigenvalue weighted by molar-refractivity contribution is 5.26. The first-order chi connectivity index (χ1) is 10.0. The molecule has 0 radical (unpaired) electrons. The summed E-state index contributed by atoms with van der Waals surface area (Å²) >= 11 is 0. The summed E-state index contributed by atoms with van der Waals surface area (Å²) in [6.45, 7) is 2.80. The van der Waals surface area contributed by atoms with E-state index in [0.29, 0.717) is 19.2 Å². The van der Waals surface area contributed by atoms with Crippen LogP contribution in [0.25, 0.3) is 0 Å². The number of hydrogen-bond donors (Lipinski definition) is 1. The van der Waals surface area contributed by atoms with Crippen molar-refractivity contribution in [2.24, 2.45) is 0 Å². The highest BCUT2D eigenvalue weighted by Crippen LogP contribution is 2.29. The van der Waals surface area contributed by atoms with Crippen molar-refractivity contribution < 1.29 is 17.9 Å². The Labute approximate surface area is 120 Å². The van der Waals surface area contributed by atoms with E-state index in [1.54, 1.807) is 0 Å². The normalized spacial score (nSPS) is 24.0. The second-order valence-electron chi connectivity index (χ2n) is 5.36. The van der Waals surface area contributed by atoms with Crippen molar-refractivity contribution >= 4 is 5.95 Å². The standard InChI is InChI=1S/C13H17F3N4O/c14-13(15,16)11-3-4-17-12(19-11)18-7-10-8-20(5-6-21-10)9-1-2-9/h3-4,9-10H,1-2,5-8H2,(H,17,18,19). The first kappa shape index (κ1) is 14.5. The van der Waals surface area contributed by atoms with Crippen molar-refractivity contribution in [3.63, 3.8) is 0 Å². The Hall–Kier alpha value is -1.41. The third kappa shape index (κ3) is 3.82. The predicted octanol–water partition coefficient (Wildman–Crippen LogP) is 1.77. The van der Waals surface area contributed by atoms with Gasteiger partial charge in [-0.25, -0.2) is 9.97 Å². The Morgan fingerprint density at radius 2 is 2.19 bits per heavy atom. The molecule has 1 aliphatic carbocycles. The van der Waals surface area contributed by atoms with E-state index in [0.717, 1.165) is 25.4 Å². The molecule has 1 atom stereocenters. The lowest BCUT2D eigenvalue weighted by Crippen LogP contribution is -2.46. The summed E-state index contributed by atoms with van der Waals surface area (Å²) in [6, 6.07) is 1.53. The van der Waals surface area contributed by atoms with Gasteiger partial charge >= 0.3 is 6.18 Å². The van der Waals surface area contributed by atoms with Crippen LogP contribution in [0.2, 0.25) is 0 Å². The summed E-state index contributed by atoms with van der Waals surface area (Å²) in [7, 11) is 0. The predicted molar refractivity (Wildman–Crippen MR) is 69.9 cm³/mol. The molecule has 0 bridgehead atoms. The van der Waals surface area contributed by atoms with E-state index in [1.165, 1.54) is 12.8 Å². The molecular formula is C13H17F3N4O. The second-order valence-corrected chi connectivity index (χ2v) is 5.36. The van der Waals surface area contributed by atoms with Crippen LogP contribution in [0.15, 0.2) is 12.3 Å². The maximum absolute atomic E-state index is 12.6. The number of nitrogens with zero attached hydrogens (tertiary/aromatic N) is 3. The van der Waals surface area contributed by atoms with Crippen LogP contribution in [0, 0.1) is 0 Å². The maximum Gasteiger partial charge on any atom is 0.433 e. The molecule has 2 fully saturated rings. The summed E-state index contributed by atoms with van der Waals surface area (Å²) in [5, 5.41) is 2.83. The Balaban J connectivity index is 1.54. The van der Waals surface area contributed by atoms with Crippen LogP contribution < -0.4 is 5.32 Å². The fourth-order valence-electron chi connectivity index (χ4n) is 2.44. The van der Waals surface area contributed by atoms with Gasteiger partial charge in [0.05, 0.1) is 12.7 Å². The molecule has 21 heavy (non-hydrogen) atoms. The molecule has 8 heteroatoms. The molecule has 3 rings (SSSR count). The number of rotatable bonds is 4. The third-order valence-corrected chi connectivity index (χ3v) is 3.67. The minimum atomic E-state index is -4.45. The molecule has 1 saturated carbocycles. The summed E-state index contributed by atoms with van der Waals surface area (Å²) < 4.78 is 43.3. The highest BCUT2D eigenvalue weighted by Gasteiger charge is 2.34. The van der Waals surface area contributed by atoms with Gasteiger partial charge in [-0.15, -0.1) is 0 Å². The van der Waals surface area contributed by atoms with Gasteiger partial charge in [-0.05, 0) is 18.9 Å². The van der Waals surface area contributed by atoms with Gasteiger partial charge < -0.3 is 10.1 Å². The van der Waals surface area contributed by atoms with E-state index in [9.17, 15) is 13.2 Å². The number of ether oxygens (including phenoxy) is 1. The summed E-state index contributed by atoms with van der Waals surface area (Å²) in [6.07, 6.45) is -0.925. The number of halogens is 3. The number of anilines is 1. The number of aromatic nitrogens is 2. The molecule has 1 aromatic rings. The average molecular weight is 302 g/mol. The molecule has 0 amide bonds. The van der Waals surface area contributed by atoms with Crippen LogP contribution in [0.3, 0.4) is 0 Å². The molecule has 0 aromatic carbocycles. The number of morpholine rings is 1. The minimum absolute atomic E-state index is 0.0167. The molecule has 116 valence electrons. The maximum atomic E-state index is 12.6. The minimum Gasteiger partial charge on any atom is -0.374 e. The molecule has 2 heterocycles. The summed E-state index contributed by atoms with van der Waals surface area (Å²) in [5.41, 5.74) is -0.941. The van der Waals surface area contributed by atoms with E-state index in [4.69, 9.17) is 4.74 Å². The van der Waals surface area contributed by atoms with Crippen molar-refractivity contribution in [2.45, 2.75) is 31.2 Å². The van der Waals surface area contributed by atoms with Crippen molar-refractivity contribution in [3.05, 3.63) is 18.0 Å². The largest absolute Gasteiger partial charge is 0.433 e. The molecule has 1 N–H and O–H groups in total. The monoisotopic (exact) mass is 302 g/mol. The van der Waals surface area contributed by atoms with E-state index in [1.807, 2.05) is 0 Å². The van der Waals surface area contributed by atoms with Crippen molar-refractivity contribution in [2.75, 3.05) is 31.6 Å². The number of hydrogen-bond acceptors (Lipinski definition) is 5. The number of alkyl halides is 3. The Morgan fingerprint density at radius 1 is 1.38 bits per heavy atom. The lowest BCUT2D eigenvalue weighted by Gasteiger charge is -2.33. The molecule has 0 spiro atoms. The lowest BCUT2D eigenvalue weighted by molar-refractivity contribution is -0.141. The van der Waals surface area contributed by atoms with E-state index in [-0.39, 0.29) is 12.1 Å². The third-order valence-electron chi connectivity index (χ3n) is 3.67. The van der Waals surface area contributed by atoms with E-state index >= 15 is 0 Å². The molecule has 1 aliphatic heterocycles. The zero-order valence-corrected chi connectivity index (χ0v) is 11.4. The van der Waals surface area contributed by atoms with Gasteiger partial charge in [0.15, 0.2) is 0 Å². The topological polar surface area (TPSA) is 50.3 Å². The zero-order chi connectivity index (χ0) is 14.9. The Kier molecular flexibility index (Phi) is 3.99. The van der Waals surface area contributed by atoms with E-state index in [2.05, 4.69) is 20.2 Å². The van der Waals surface area contributed by atoms with Crippen molar-refractivity contribution in [1.82, 2.24) is 14.9 Å². The summed E-state index contributed by atoms with van der Waals surface area (Å²) in [5.74, 6) is -0.0167. The summed E-state index contributed by atoms with van der Waals surface area (Å²) in [4.78, 5) is 9.67. The average Bonchev–Trinajstić information content (AvgIpc) is 3.30. The molecule has 1 saturated heterocycles. The molecule has 5 nitrogen and oxygen atoms in total. The fourth-order valence-corrected chi connectivity index (χ4v) is 2.44. The van der Waals surface area contributed by atoms with Crippen LogP contribution in [0.1, 0.15) is 18.5 Å². The SMILES string of the molecule is FC(F)(F)c1ccnc(NCC2CN(C3CC3)CCO2)n1. The number of nitrogens with one attached hydrogen (secondary N) is 1. The quantitative estimate of drug-likeness (QED) is 0.918. The van der Waals surface area contributed by atoms with Gasteiger partial charge in [0.25, 0.3) is 0 Å². The van der Waals surface area contributed by atoms with Gasteiger partial charge in [-0.3, -0.25) is 4.90 Å². The Morgan fingerprint density at radius 3 is 2.90 bits per heavy atom. The van der Waals surface area contributed by atoms with E-state index < -0.39 is 11.9 Å². The van der Waals surface area contributed by atoms with Crippen LogP contribution in [0.5, 0.6) is 0 Å². The van der Waals surface area contributed by atoms with Crippen molar-refractivity contribution in [1.29, 1.82) is 0 Å². The fraction of sp³-hybridized carbons (Fsp3) is 0.692. The van der Waals surface area contributed by atoms with Crippen LogP contribution in [-0.4, -0.2) is 53.3 Å². The first-order valence-electron chi connectivity index (χ1n) is 7.02. The second kappa shape index (κ2) is 5.76. The Bertz CT molecular complexity index is 493. The van der Waals surface area contributed by atoms with Crippen molar-refractivity contribution in [3.8, 4) is 0 Å². The molecule has 2 aliphatic rings. The zero-order valence-electron chi connectivity index (χ0n) is 11.4. The van der Waals surface area contributed by atoms with Gasteiger partial charge in [0.2, 0.25) is 5.95 Å². The molecule has 1 aromatic heterocycles. The van der Waals surface area contributed by atoms with Gasteiger partial charge in [0.1, 0.15) is 5.69 Å². The van der Waals surface area contributed by atoms with Crippen LogP contribution in [-0.2, 0) is 10.9 Å². The molecular weight excluding hydrogens is 285 g/mol. The first-order valence-corrected chi connectivity index (χ1v) is 7.02. The van der Waals surface area contributed by atoms with Crippen LogP contribution >= 0.6 is 0 Å².